The predicted molar refractivity (Wildman–Crippen MR) is 71.1 cm³/mol. The number of hydrogen-bond acceptors (Lipinski definition) is 3. The highest BCUT2D eigenvalue weighted by Crippen LogP contribution is 2.14. The van der Waals surface area contributed by atoms with Crippen LogP contribution in [0.4, 0.5) is 0 Å². The maximum absolute atomic E-state index is 5.80. The molecule has 3 N–H and O–H groups in total. The van der Waals surface area contributed by atoms with Gasteiger partial charge in [-0.05, 0) is 18.8 Å². The summed E-state index contributed by atoms with van der Waals surface area (Å²) in [5, 5.41) is 11.4. The maximum atomic E-state index is 5.80. The Balaban J connectivity index is 1.82. The lowest BCUT2D eigenvalue weighted by molar-refractivity contribution is 0.576. The topological polar surface area (TPSA) is 81.1 Å². The van der Waals surface area contributed by atoms with Gasteiger partial charge in [0.05, 0.1) is 0 Å². The lowest BCUT2D eigenvalue weighted by Crippen LogP contribution is -2.33. The smallest absolute Gasteiger partial charge is 0.189 e. The number of aryl methyl sites for hydroxylation is 1. The fourth-order valence-electron chi connectivity index (χ4n) is 2.03. The molecule has 1 aliphatic heterocycles. The summed E-state index contributed by atoms with van der Waals surface area (Å²) in [6.07, 6.45) is 3.28. The van der Waals surface area contributed by atoms with Crippen molar-refractivity contribution >= 4 is 5.96 Å². The molecule has 1 aromatic heterocycles. The number of hydrogen-bond donors (Lipinski definition) is 2. The summed E-state index contributed by atoms with van der Waals surface area (Å²) in [6.45, 7) is 6.76. The Morgan fingerprint density at radius 1 is 1.50 bits per heavy atom. The molecular formula is C12H22N6. The molecule has 18 heavy (non-hydrogen) atoms. The molecule has 100 valence electrons. The average Bonchev–Trinajstić information content (AvgIpc) is 2.88. The zero-order valence-corrected chi connectivity index (χ0v) is 11.2. The monoisotopic (exact) mass is 250 g/mol. The molecule has 0 saturated heterocycles. The molecule has 1 aliphatic rings. The van der Waals surface area contributed by atoms with E-state index in [1.54, 1.807) is 0 Å². The molecule has 0 saturated carbocycles. The van der Waals surface area contributed by atoms with Crippen molar-refractivity contribution in [3.63, 3.8) is 0 Å². The molecule has 6 heteroatoms. The molecule has 0 amide bonds. The minimum Gasteiger partial charge on any atom is -0.370 e. The molecule has 6 nitrogen and oxygen atoms in total. The van der Waals surface area contributed by atoms with Gasteiger partial charge in [-0.3, -0.25) is 0 Å². The zero-order valence-electron chi connectivity index (χ0n) is 11.2. The molecular weight excluding hydrogens is 228 g/mol. The third-order valence-electron chi connectivity index (χ3n) is 3.10. The number of rotatable bonds is 5. The summed E-state index contributed by atoms with van der Waals surface area (Å²) >= 11 is 0. The predicted octanol–water partition coefficient (Wildman–Crippen LogP) is 0.675. The number of nitrogens with zero attached hydrogens (tertiary/aromatic N) is 4. The van der Waals surface area contributed by atoms with Crippen molar-refractivity contribution in [1.82, 2.24) is 20.1 Å². The van der Waals surface area contributed by atoms with E-state index in [0.717, 1.165) is 44.0 Å². The second-order valence-corrected chi connectivity index (χ2v) is 5.10. The molecule has 0 spiro atoms. The minimum absolute atomic E-state index is 0.492. The van der Waals surface area contributed by atoms with Gasteiger partial charge in [0.25, 0.3) is 0 Å². The van der Waals surface area contributed by atoms with Gasteiger partial charge in [-0.2, -0.15) is 0 Å². The van der Waals surface area contributed by atoms with E-state index in [1.165, 1.54) is 0 Å². The summed E-state index contributed by atoms with van der Waals surface area (Å²) in [7, 11) is 0. The molecule has 0 aliphatic carbocycles. The van der Waals surface area contributed by atoms with Gasteiger partial charge in [0.15, 0.2) is 11.8 Å². The maximum Gasteiger partial charge on any atom is 0.189 e. The van der Waals surface area contributed by atoms with Crippen molar-refractivity contribution in [2.75, 3.05) is 6.54 Å². The average molecular weight is 250 g/mol. The van der Waals surface area contributed by atoms with Crippen LogP contribution in [0.3, 0.4) is 0 Å². The van der Waals surface area contributed by atoms with Crippen LogP contribution in [0.2, 0.25) is 0 Å². The lowest BCUT2D eigenvalue weighted by Gasteiger charge is -2.07. The molecule has 0 atom stereocenters. The summed E-state index contributed by atoms with van der Waals surface area (Å²) in [5.74, 6) is 3.15. The van der Waals surface area contributed by atoms with Crippen LogP contribution >= 0.6 is 0 Å². The van der Waals surface area contributed by atoms with Crippen molar-refractivity contribution in [3.05, 3.63) is 11.6 Å². The van der Waals surface area contributed by atoms with Crippen molar-refractivity contribution in [1.29, 1.82) is 0 Å². The van der Waals surface area contributed by atoms with Crippen molar-refractivity contribution in [2.45, 2.75) is 46.2 Å². The number of nitrogens with two attached hydrogens (primary N) is 1. The highest BCUT2D eigenvalue weighted by molar-refractivity contribution is 5.77. The SMILES string of the molecule is CC(C)CCNC(N)=NCc1nnc2n1CCC2. The fraction of sp³-hybridized carbons (Fsp3) is 0.750. The van der Waals surface area contributed by atoms with Crippen LogP contribution in [0.5, 0.6) is 0 Å². The molecule has 1 aromatic rings. The van der Waals surface area contributed by atoms with E-state index < -0.39 is 0 Å². The van der Waals surface area contributed by atoms with Gasteiger partial charge in [0, 0.05) is 19.5 Å². The molecule has 0 aromatic carbocycles. The zero-order chi connectivity index (χ0) is 13.0. The van der Waals surface area contributed by atoms with Crippen molar-refractivity contribution in [2.24, 2.45) is 16.6 Å². The van der Waals surface area contributed by atoms with Gasteiger partial charge in [0.1, 0.15) is 12.4 Å². The Kier molecular flexibility index (Phi) is 4.17. The Bertz CT molecular complexity index is 420. The first-order valence-corrected chi connectivity index (χ1v) is 6.61. The third-order valence-corrected chi connectivity index (χ3v) is 3.10. The van der Waals surface area contributed by atoms with Crippen LogP contribution in [0.15, 0.2) is 4.99 Å². The quantitative estimate of drug-likeness (QED) is 0.594. The molecule has 0 radical (unpaired) electrons. The largest absolute Gasteiger partial charge is 0.370 e. The standard InChI is InChI=1S/C12H22N6/c1-9(2)5-6-14-12(13)15-8-11-17-16-10-4-3-7-18(10)11/h9H,3-8H2,1-2H3,(H3,13,14,15). The van der Waals surface area contributed by atoms with E-state index in [2.05, 4.69) is 38.9 Å². The number of aliphatic imine (C=N–C) groups is 1. The third kappa shape index (κ3) is 3.21. The minimum atomic E-state index is 0.492. The molecule has 2 rings (SSSR count). The summed E-state index contributed by atoms with van der Waals surface area (Å²) in [4.78, 5) is 4.30. The number of guanidine groups is 1. The fourth-order valence-corrected chi connectivity index (χ4v) is 2.03. The van der Waals surface area contributed by atoms with Crippen LogP contribution in [-0.4, -0.2) is 27.3 Å². The van der Waals surface area contributed by atoms with E-state index in [-0.39, 0.29) is 0 Å². The second kappa shape index (κ2) is 5.84. The summed E-state index contributed by atoms with van der Waals surface area (Å²) in [5.41, 5.74) is 5.80. The van der Waals surface area contributed by atoms with Crippen molar-refractivity contribution in [3.8, 4) is 0 Å². The van der Waals surface area contributed by atoms with Gasteiger partial charge < -0.3 is 15.6 Å². The van der Waals surface area contributed by atoms with Crippen LogP contribution in [0.25, 0.3) is 0 Å². The van der Waals surface area contributed by atoms with Gasteiger partial charge in [-0.1, -0.05) is 13.8 Å². The normalized spacial score (nSPS) is 15.2. The number of fused-ring (bicyclic) bond motifs is 1. The highest BCUT2D eigenvalue weighted by Gasteiger charge is 2.16. The van der Waals surface area contributed by atoms with Gasteiger partial charge in [0.2, 0.25) is 0 Å². The highest BCUT2D eigenvalue weighted by atomic mass is 15.3. The molecule has 0 fully saturated rings. The summed E-state index contributed by atoms with van der Waals surface area (Å²) < 4.78 is 2.14. The molecule has 2 heterocycles. The Hall–Kier alpha value is -1.59. The van der Waals surface area contributed by atoms with Crippen LogP contribution < -0.4 is 11.1 Å². The first-order valence-electron chi connectivity index (χ1n) is 6.61. The van der Waals surface area contributed by atoms with Gasteiger partial charge >= 0.3 is 0 Å². The Morgan fingerprint density at radius 3 is 3.11 bits per heavy atom. The van der Waals surface area contributed by atoms with Crippen molar-refractivity contribution < 1.29 is 0 Å². The molecule has 0 unspecified atom stereocenters. The lowest BCUT2D eigenvalue weighted by atomic mass is 10.1. The van der Waals surface area contributed by atoms with E-state index in [9.17, 15) is 0 Å². The van der Waals surface area contributed by atoms with Gasteiger partial charge in [-0.25, -0.2) is 4.99 Å². The van der Waals surface area contributed by atoms with E-state index in [0.29, 0.717) is 18.4 Å². The first kappa shape index (κ1) is 12.9. The van der Waals surface area contributed by atoms with E-state index >= 15 is 0 Å². The molecule has 0 bridgehead atoms. The van der Waals surface area contributed by atoms with Crippen LogP contribution in [-0.2, 0) is 19.5 Å². The van der Waals surface area contributed by atoms with Crippen LogP contribution in [0, 0.1) is 5.92 Å². The summed E-state index contributed by atoms with van der Waals surface area (Å²) in [6, 6.07) is 0. The first-order chi connectivity index (χ1) is 8.66. The van der Waals surface area contributed by atoms with Gasteiger partial charge in [-0.15, -0.1) is 10.2 Å². The second-order valence-electron chi connectivity index (χ2n) is 5.10. The number of nitrogens with one attached hydrogen (secondary N) is 1. The van der Waals surface area contributed by atoms with E-state index in [1.807, 2.05) is 0 Å². The number of aromatic nitrogens is 3. The van der Waals surface area contributed by atoms with Crippen LogP contribution in [0.1, 0.15) is 38.3 Å². The van der Waals surface area contributed by atoms with E-state index in [4.69, 9.17) is 5.73 Å². The Morgan fingerprint density at radius 2 is 2.33 bits per heavy atom. The Labute approximate surface area is 108 Å².